The molecule has 2 aromatic rings. The third-order valence-electron chi connectivity index (χ3n) is 7.82. The van der Waals surface area contributed by atoms with Crippen LogP contribution in [0.5, 0.6) is 0 Å². The number of carboxylic acid groups (broad SMARTS) is 2. The SMILES string of the molecule is CC(=O)N[C@@H](Cc1cc(F)cc(F)c1)[C@H](O)CNC1(c2cccc(C(C)(C)C)c2)CCC(N(C)C(=O)O)CC1.NC(=O)O. The van der Waals surface area contributed by atoms with Crippen LogP contribution in [0, 0.1) is 11.6 Å². The first kappa shape index (κ1) is 35.4. The van der Waals surface area contributed by atoms with Gasteiger partial charge in [-0.15, -0.1) is 0 Å². The minimum absolute atomic E-state index is 0.0507. The molecule has 2 aromatic carbocycles. The zero-order valence-electron chi connectivity index (χ0n) is 25.4. The smallest absolute Gasteiger partial charge is 0.407 e. The van der Waals surface area contributed by atoms with Gasteiger partial charge in [0.2, 0.25) is 5.91 Å². The third-order valence-corrected chi connectivity index (χ3v) is 7.82. The molecule has 0 radical (unpaired) electrons. The van der Waals surface area contributed by atoms with Crippen molar-refractivity contribution >= 4 is 18.1 Å². The number of hydrogen-bond donors (Lipinski definition) is 6. The predicted octanol–water partition coefficient (Wildman–Crippen LogP) is 4.33. The van der Waals surface area contributed by atoms with Crippen LogP contribution in [-0.4, -0.2) is 70.1 Å². The molecule has 0 spiro atoms. The fourth-order valence-electron chi connectivity index (χ4n) is 5.46. The molecule has 0 bridgehead atoms. The lowest BCUT2D eigenvalue weighted by atomic mass is 9.73. The van der Waals surface area contributed by atoms with Crippen LogP contribution in [0.2, 0.25) is 0 Å². The molecule has 1 aliphatic carbocycles. The number of halogens is 2. The Balaban J connectivity index is 0.00000151. The van der Waals surface area contributed by atoms with E-state index in [0.717, 1.165) is 17.2 Å². The lowest BCUT2D eigenvalue weighted by molar-refractivity contribution is -0.120. The Labute approximate surface area is 251 Å². The Morgan fingerprint density at radius 2 is 1.63 bits per heavy atom. The molecule has 43 heavy (non-hydrogen) atoms. The summed E-state index contributed by atoms with van der Waals surface area (Å²) in [6, 6.07) is 10.6. The highest BCUT2D eigenvalue weighted by molar-refractivity contribution is 5.73. The zero-order chi connectivity index (χ0) is 32.5. The second-order valence-electron chi connectivity index (χ2n) is 12.1. The van der Waals surface area contributed by atoms with Crippen molar-refractivity contribution < 1.29 is 38.5 Å². The molecule has 238 valence electrons. The highest BCUT2D eigenvalue weighted by Gasteiger charge is 2.39. The lowest BCUT2D eigenvalue weighted by Crippen LogP contribution is -2.54. The second kappa shape index (κ2) is 15.1. The van der Waals surface area contributed by atoms with Crippen molar-refractivity contribution in [3.05, 3.63) is 70.8 Å². The van der Waals surface area contributed by atoms with E-state index in [2.05, 4.69) is 55.3 Å². The van der Waals surface area contributed by atoms with Crippen LogP contribution in [0.3, 0.4) is 0 Å². The number of amides is 3. The van der Waals surface area contributed by atoms with E-state index in [0.29, 0.717) is 31.2 Å². The van der Waals surface area contributed by atoms with Gasteiger partial charge in [0.15, 0.2) is 0 Å². The molecule has 12 heteroatoms. The molecule has 0 heterocycles. The number of nitrogens with zero attached hydrogens (tertiary/aromatic N) is 1. The van der Waals surface area contributed by atoms with Gasteiger partial charge in [0.1, 0.15) is 11.6 Å². The number of primary amides is 1. The van der Waals surface area contributed by atoms with Gasteiger partial charge in [-0.1, -0.05) is 45.0 Å². The summed E-state index contributed by atoms with van der Waals surface area (Å²) in [5, 5.41) is 34.1. The van der Waals surface area contributed by atoms with Crippen LogP contribution in [0.25, 0.3) is 0 Å². The fraction of sp³-hybridized carbons (Fsp3) is 0.516. The van der Waals surface area contributed by atoms with Crippen LogP contribution in [-0.2, 0) is 22.2 Å². The summed E-state index contributed by atoms with van der Waals surface area (Å²) in [5.74, 6) is -1.80. The molecule has 2 atom stereocenters. The maximum atomic E-state index is 13.8. The van der Waals surface area contributed by atoms with E-state index >= 15 is 0 Å². The van der Waals surface area contributed by atoms with E-state index < -0.39 is 41.5 Å². The summed E-state index contributed by atoms with van der Waals surface area (Å²) < 4.78 is 27.6. The topological polar surface area (TPSA) is 165 Å². The fourth-order valence-corrected chi connectivity index (χ4v) is 5.46. The van der Waals surface area contributed by atoms with Crippen molar-refractivity contribution in [3.8, 4) is 0 Å². The van der Waals surface area contributed by atoms with Crippen molar-refractivity contribution in [2.24, 2.45) is 5.73 Å². The van der Waals surface area contributed by atoms with Crippen LogP contribution >= 0.6 is 0 Å². The summed E-state index contributed by atoms with van der Waals surface area (Å²) in [6.07, 6.45) is -0.716. The minimum Gasteiger partial charge on any atom is -0.465 e. The van der Waals surface area contributed by atoms with Gasteiger partial charge < -0.3 is 36.6 Å². The number of aliphatic hydroxyl groups is 1. The summed E-state index contributed by atoms with van der Waals surface area (Å²) >= 11 is 0. The summed E-state index contributed by atoms with van der Waals surface area (Å²) in [7, 11) is 1.59. The zero-order valence-corrected chi connectivity index (χ0v) is 25.4. The standard InChI is InChI=1S/C30H41F2N3O4.CH3NO2/c1-19(36)34-26(15-20-13-23(31)17-24(32)14-20)27(37)18-33-30(11-9-25(10-12-30)35(5)28(38)39)22-8-6-7-21(16-22)29(2,3)4;2-1(3)4/h6-8,13-14,16-17,25-27,33,37H,9-12,15,18H2,1-5H3,(H,34,36)(H,38,39);2H2,(H,3,4)/t25?,26-,27+,30?;/m0./s1. The number of rotatable bonds is 9. The Morgan fingerprint density at radius 1 is 1.07 bits per heavy atom. The summed E-state index contributed by atoms with van der Waals surface area (Å²) in [5.41, 5.74) is 5.98. The van der Waals surface area contributed by atoms with E-state index in [-0.39, 0.29) is 30.3 Å². The van der Waals surface area contributed by atoms with Gasteiger partial charge in [-0.2, -0.15) is 0 Å². The van der Waals surface area contributed by atoms with Crippen LogP contribution < -0.4 is 16.4 Å². The molecule has 1 saturated carbocycles. The van der Waals surface area contributed by atoms with E-state index in [1.807, 2.05) is 6.07 Å². The number of carbonyl (C=O) groups is 3. The molecule has 0 aromatic heterocycles. The molecule has 10 nitrogen and oxygen atoms in total. The molecule has 3 rings (SSSR count). The predicted molar refractivity (Wildman–Crippen MR) is 159 cm³/mol. The highest BCUT2D eigenvalue weighted by atomic mass is 19.1. The third kappa shape index (κ3) is 10.8. The molecular weight excluding hydrogens is 562 g/mol. The maximum absolute atomic E-state index is 13.8. The number of benzene rings is 2. The van der Waals surface area contributed by atoms with Crippen LogP contribution in [0.15, 0.2) is 42.5 Å². The highest BCUT2D eigenvalue weighted by Crippen LogP contribution is 2.40. The van der Waals surface area contributed by atoms with E-state index in [1.54, 1.807) is 7.05 Å². The normalized spacial score (nSPS) is 19.8. The van der Waals surface area contributed by atoms with Gasteiger partial charge >= 0.3 is 12.2 Å². The second-order valence-corrected chi connectivity index (χ2v) is 12.1. The molecule has 1 fully saturated rings. The largest absolute Gasteiger partial charge is 0.465 e. The van der Waals surface area contributed by atoms with Crippen LogP contribution in [0.1, 0.15) is 70.1 Å². The molecule has 0 aliphatic heterocycles. The molecule has 0 saturated heterocycles. The van der Waals surface area contributed by atoms with Crippen molar-refractivity contribution in [2.75, 3.05) is 13.6 Å². The first-order valence-electron chi connectivity index (χ1n) is 14.1. The van der Waals surface area contributed by atoms with Gasteiger partial charge in [-0.05, 0) is 66.3 Å². The average molecular weight is 607 g/mol. The van der Waals surface area contributed by atoms with Gasteiger partial charge in [0.05, 0.1) is 12.1 Å². The van der Waals surface area contributed by atoms with Gasteiger partial charge in [0.25, 0.3) is 0 Å². The summed E-state index contributed by atoms with van der Waals surface area (Å²) in [6.45, 7) is 7.87. The Bertz CT molecular complexity index is 1240. The molecule has 0 unspecified atom stereocenters. The minimum atomic E-state index is -1.33. The van der Waals surface area contributed by atoms with E-state index in [4.69, 9.17) is 9.90 Å². The molecule has 3 amide bonds. The van der Waals surface area contributed by atoms with E-state index in [9.17, 15) is 28.6 Å². The number of hydrogen-bond acceptors (Lipinski definition) is 5. The monoisotopic (exact) mass is 606 g/mol. The quantitative estimate of drug-likeness (QED) is 0.247. The average Bonchev–Trinajstić information content (AvgIpc) is 2.89. The Hall–Kier alpha value is -3.77. The van der Waals surface area contributed by atoms with Gasteiger partial charge in [-0.3, -0.25) is 4.79 Å². The number of carbonyl (C=O) groups excluding carboxylic acids is 1. The van der Waals surface area contributed by atoms with Crippen molar-refractivity contribution in [3.63, 3.8) is 0 Å². The van der Waals surface area contributed by atoms with E-state index in [1.165, 1.54) is 24.0 Å². The molecular formula is C31H44F2N4O6. The molecule has 7 N–H and O–H groups in total. The maximum Gasteiger partial charge on any atom is 0.407 e. The molecule has 1 aliphatic rings. The van der Waals surface area contributed by atoms with Gasteiger partial charge in [-0.25, -0.2) is 18.4 Å². The first-order valence-corrected chi connectivity index (χ1v) is 14.1. The first-order chi connectivity index (χ1) is 19.9. The number of nitrogens with one attached hydrogen (secondary N) is 2. The number of nitrogens with two attached hydrogens (primary N) is 1. The lowest BCUT2D eigenvalue weighted by Gasteiger charge is -2.44. The van der Waals surface area contributed by atoms with Crippen LogP contribution in [0.4, 0.5) is 18.4 Å². The van der Waals surface area contributed by atoms with Gasteiger partial charge in [0, 0.05) is 38.2 Å². The van der Waals surface area contributed by atoms with Crippen molar-refractivity contribution in [2.45, 2.75) is 88.9 Å². The van der Waals surface area contributed by atoms with Crippen molar-refractivity contribution in [1.29, 1.82) is 0 Å². The van der Waals surface area contributed by atoms with Crippen molar-refractivity contribution in [1.82, 2.24) is 15.5 Å². The Kier molecular flexibility index (Phi) is 12.4. The number of aliphatic hydroxyl groups excluding tert-OH is 1. The summed E-state index contributed by atoms with van der Waals surface area (Å²) in [4.78, 5) is 33.6. The Morgan fingerprint density at radius 3 is 2.12 bits per heavy atom.